The molecule has 5 rings (SSSR count). The van der Waals surface area contributed by atoms with Crippen LogP contribution in [0.5, 0.6) is 0 Å². The van der Waals surface area contributed by atoms with E-state index in [-0.39, 0.29) is 35.5 Å². The van der Waals surface area contributed by atoms with E-state index in [2.05, 4.69) is 4.98 Å². The van der Waals surface area contributed by atoms with E-state index in [1.807, 2.05) is 42.5 Å². The van der Waals surface area contributed by atoms with E-state index in [1.54, 1.807) is 41.6 Å². The van der Waals surface area contributed by atoms with Gasteiger partial charge in [-0.1, -0.05) is 48.5 Å². The van der Waals surface area contributed by atoms with Gasteiger partial charge in [0.25, 0.3) is 5.91 Å². The maximum absolute atomic E-state index is 13.6. The number of Topliss-reactive ketones (excluding diaryl/α,β-unsaturated/α-hetero) is 1. The molecule has 33 heavy (non-hydrogen) atoms. The lowest BCUT2D eigenvalue weighted by atomic mass is 9.73. The number of allylic oxidation sites excluding steroid dienone is 2. The Morgan fingerprint density at radius 3 is 2.33 bits per heavy atom. The Hall–Kier alpha value is -4.06. The summed E-state index contributed by atoms with van der Waals surface area (Å²) < 4.78 is 0. The molecule has 0 saturated heterocycles. The van der Waals surface area contributed by atoms with Gasteiger partial charge in [0.2, 0.25) is 5.91 Å². The predicted octanol–water partition coefficient (Wildman–Crippen LogP) is 4.10. The number of benzene rings is 2. The standard InChI is InChI=1S/C27H23N3O3/c28-27(33)20-10-4-5-11-22(20)30-23-13-19(17-7-2-1-3-8-17)14-24(31)26(23)21(15-25(30)32)18-9-6-12-29-16-18/h1-12,16,19,21H,13-15H2,(H2,28,33). The smallest absolute Gasteiger partial charge is 0.250 e. The minimum Gasteiger partial charge on any atom is -0.366 e. The molecule has 2 aliphatic rings. The Labute approximate surface area is 191 Å². The first kappa shape index (κ1) is 20.8. The lowest BCUT2D eigenvalue weighted by Crippen LogP contribution is -2.42. The summed E-state index contributed by atoms with van der Waals surface area (Å²) >= 11 is 0. The molecule has 0 saturated carbocycles. The predicted molar refractivity (Wildman–Crippen MR) is 124 cm³/mol. The van der Waals surface area contributed by atoms with Crippen LogP contribution in [0.3, 0.4) is 0 Å². The molecular weight excluding hydrogens is 414 g/mol. The van der Waals surface area contributed by atoms with Gasteiger partial charge >= 0.3 is 0 Å². The molecule has 6 heteroatoms. The number of pyridine rings is 1. The van der Waals surface area contributed by atoms with E-state index in [4.69, 9.17) is 5.73 Å². The summed E-state index contributed by atoms with van der Waals surface area (Å²) in [7, 11) is 0. The first-order chi connectivity index (χ1) is 16.0. The molecule has 0 fully saturated rings. The number of para-hydroxylation sites is 1. The zero-order valence-electron chi connectivity index (χ0n) is 18.0. The Kier molecular flexibility index (Phi) is 5.34. The number of nitrogens with two attached hydrogens (primary N) is 1. The van der Waals surface area contributed by atoms with Gasteiger partial charge in [-0.15, -0.1) is 0 Å². The summed E-state index contributed by atoms with van der Waals surface area (Å²) in [5.41, 5.74) is 9.49. The Morgan fingerprint density at radius 2 is 1.61 bits per heavy atom. The van der Waals surface area contributed by atoms with Gasteiger partial charge in [-0.3, -0.25) is 24.3 Å². The third-order valence-electron chi connectivity index (χ3n) is 6.50. The fraction of sp³-hybridized carbons (Fsp3) is 0.185. The normalized spacial score (nSPS) is 20.5. The highest BCUT2D eigenvalue weighted by Crippen LogP contribution is 2.47. The molecule has 1 aromatic heterocycles. The van der Waals surface area contributed by atoms with Crippen molar-refractivity contribution in [2.45, 2.75) is 31.1 Å². The number of hydrogen-bond acceptors (Lipinski definition) is 4. The summed E-state index contributed by atoms with van der Waals surface area (Å²) in [6.45, 7) is 0. The van der Waals surface area contributed by atoms with Crippen LogP contribution < -0.4 is 10.6 Å². The number of aromatic nitrogens is 1. The molecule has 1 aliphatic heterocycles. The van der Waals surface area contributed by atoms with Crippen LogP contribution in [0.2, 0.25) is 0 Å². The summed E-state index contributed by atoms with van der Waals surface area (Å²) in [6.07, 6.45) is 4.40. The van der Waals surface area contributed by atoms with Crippen LogP contribution in [0.4, 0.5) is 5.69 Å². The zero-order chi connectivity index (χ0) is 22.9. The van der Waals surface area contributed by atoms with Gasteiger partial charge in [0, 0.05) is 42.4 Å². The Bertz CT molecular complexity index is 1270. The third kappa shape index (κ3) is 3.74. The highest BCUT2D eigenvalue weighted by atomic mass is 16.2. The fourth-order valence-electron chi connectivity index (χ4n) is 5.02. The molecule has 2 heterocycles. The number of amides is 2. The second-order valence-corrected chi connectivity index (χ2v) is 8.45. The SMILES string of the molecule is NC(=O)c1ccccc1N1C(=O)CC(c2cccnc2)C2=C1CC(c1ccccc1)CC2=O. The van der Waals surface area contributed by atoms with Gasteiger partial charge in [-0.05, 0) is 41.7 Å². The van der Waals surface area contributed by atoms with Crippen LogP contribution in [0.25, 0.3) is 0 Å². The molecule has 164 valence electrons. The summed E-state index contributed by atoms with van der Waals surface area (Å²) in [6, 6.07) is 20.4. The second-order valence-electron chi connectivity index (χ2n) is 8.45. The van der Waals surface area contributed by atoms with Crippen LogP contribution >= 0.6 is 0 Å². The van der Waals surface area contributed by atoms with Gasteiger partial charge in [-0.25, -0.2) is 0 Å². The van der Waals surface area contributed by atoms with Crippen molar-refractivity contribution < 1.29 is 14.4 Å². The summed E-state index contributed by atoms with van der Waals surface area (Å²) in [5, 5.41) is 0. The molecule has 1 aliphatic carbocycles. The van der Waals surface area contributed by atoms with E-state index in [0.29, 0.717) is 29.8 Å². The molecule has 0 radical (unpaired) electrons. The first-order valence-corrected chi connectivity index (χ1v) is 11.0. The summed E-state index contributed by atoms with van der Waals surface area (Å²) in [4.78, 5) is 45.1. The number of nitrogens with zero attached hydrogens (tertiary/aromatic N) is 2. The average Bonchev–Trinajstić information content (AvgIpc) is 2.84. The van der Waals surface area contributed by atoms with Crippen molar-refractivity contribution in [3.05, 3.63) is 107 Å². The number of carbonyl (C=O) groups excluding carboxylic acids is 3. The average molecular weight is 437 g/mol. The summed E-state index contributed by atoms with van der Waals surface area (Å²) in [5.74, 6) is -1.17. The highest BCUT2D eigenvalue weighted by Gasteiger charge is 2.43. The molecule has 0 spiro atoms. The molecule has 2 amide bonds. The highest BCUT2D eigenvalue weighted by molar-refractivity contribution is 6.11. The Balaban J connectivity index is 1.69. The van der Waals surface area contributed by atoms with Crippen LogP contribution in [-0.2, 0) is 9.59 Å². The van der Waals surface area contributed by atoms with Crippen molar-refractivity contribution in [1.82, 2.24) is 4.98 Å². The second kappa shape index (κ2) is 8.47. The number of primary amides is 1. The number of ketones is 1. The Morgan fingerprint density at radius 1 is 0.879 bits per heavy atom. The lowest BCUT2D eigenvalue weighted by molar-refractivity contribution is -0.120. The molecule has 2 N–H and O–H groups in total. The van der Waals surface area contributed by atoms with Crippen molar-refractivity contribution in [1.29, 1.82) is 0 Å². The van der Waals surface area contributed by atoms with Gasteiger partial charge in [-0.2, -0.15) is 0 Å². The zero-order valence-corrected chi connectivity index (χ0v) is 18.0. The van der Waals surface area contributed by atoms with Crippen molar-refractivity contribution in [2.24, 2.45) is 5.73 Å². The molecular formula is C27H23N3O3. The van der Waals surface area contributed by atoms with Crippen molar-refractivity contribution in [3.63, 3.8) is 0 Å². The van der Waals surface area contributed by atoms with Crippen LogP contribution in [0.1, 0.15) is 52.6 Å². The third-order valence-corrected chi connectivity index (χ3v) is 6.50. The lowest BCUT2D eigenvalue weighted by Gasteiger charge is -2.40. The molecule has 2 unspecified atom stereocenters. The van der Waals surface area contributed by atoms with Crippen LogP contribution in [0.15, 0.2) is 90.4 Å². The van der Waals surface area contributed by atoms with Gasteiger partial charge in [0.15, 0.2) is 5.78 Å². The van der Waals surface area contributed by atoms with E-state index in [0.717, 1.165) is 11.1 Å². The minimum atomic E-state index is -0.614. The maximum atomic E-state index is 13.6. The quantitative estimate of drug-likeness (QED) is 0.665. The van der Waals surface area contributed by atoms with Crippen molar-refractivity contribution in [3.8, 4) is 0 Å². The minimum absolute atomic E-state index is 0.0213. The number of carbonyl (C=O) groups is 3. The maximum Gasteiger partial charge on any atom is 0.250 e. The van der Waals surface area contributed by atoms with Gasteiger partial charge in [0.1, 0.15) is 0 Å². The molecule has 2 aromatic carbocycles. The molecule has 6 nitrogen and oxygen atoms in total. The van der Waals surface area contributed by atoms with Crippen molar-refractivity contribution >= 4 is 23.3 Å². The molecule has 2 atom stereocenters. The number of rotatable bonds is 4. The van der Waals surface area contributed by atoms with Gasteiger partial charge in [0.05, 0.1) is 11.3 Å². The van der Waals surface area contributed by atoms with E-state index < -0.39 is 5.91 Å². The monoisotopic (exact) mass is 437 g/mol. The first-order valence-electron chi connectivity index (χ1n) is 11.0. The van der Waals surface area contributed by atoms with Gasteiger partial charge < -0.3 is 5.73 Å². The van der Waals surface area contributed by atoms with Crippen molar-refractivity contribution in [2.75, 3.05) is 4.90 Å². The fourth-order valence-corrected chi connectivity index (χ4v) is 5.02. The number of hydrogen-bond donors (Lipinski definition) is 1. The van der Waals surface area contributed by atoms with Crippen LogP contribution in [0, 0.1) is 0 Å². The van der Waals surface area contributed by atoms with Crippen LogP contribution in [-0.4, -0.2) is 22.6 Å². The van der Waals surface area contributed by atoms with E-state index in [1.165, 1.54) is 0 Å². The van der Waals surface area contributed by atoms with E-state index in [9.17, 15) is 14.4 Å². The topological polar surface area (TPSA) is 93.4 Å². The largest absolute Gasteiger partial charge is 0.366 e. The van der Waals surface area contributed by atoms with E-state index >= 15 is 0 Å². The molecule has 0 bridgehead atoms. The number of anilines is 1. The molecule has 3 aromatic rings.